The summed E-state index contributed by atoms with van der Waals surface area (Å²) in [7, 11) is 0. The van der Waals surface area contributed by atoms with Gasteiger partial charge < -0.3 is 14.2 Å². The Morgan fingerprint density at radius 2 is 1.50 bits per heavy atom. The van der Waals surface area contributed by atoms with E-state index in [1.54, 1.807) is 0 Å². The van der Waals surface area contributed by atoms with Crippen LogP contribution in [0.1, 0.15) is 95.2 Å². The Morgan fingerprint density at radius 3 is 2.23 bits per heavy atom. The third kappa shape index (κ3) is 5.88. The van der Waals surface area contributed by atoms with Gasteiger partial charge in [0, 0.05) is 39.4 Å². The number of benzene rings is 5. The van der Waals surface area contributed by atoms with E-state index >= 15 is 0 Å². The number of furan rings is 1. The number of hydrogen-bond donors (Lipinski definition) is 0. The van der Waals surface area contributed by atoms with Gasteiger partial charge in [-0.25, -0.2) is 0 Å². The topological polar surface area (TPSA) is 19.6 Å². The molecule has 3 heterocycles. The highest BCUT2D eigenvalue weighted by atomic mass is 16.3. The molecular formula is C52H53BN2O. The van der Waals surface area contributed by atoms with E-state index in [1.165, 1.54) is 78.4 Å². The van der Waals surface area contributed by atoms with Crippen LogP contribution in [0, 0.1) is 6.92 Å². The summed E-state index contributed by atoms with van der Waals surface area (Å²) in [4.78, 5) is 5.13. The minimum absolute atomic E-state index is 0.0603. The van der Waals surface area contributed by atoms with Crippen LogP contribution in [0.25, 0.3) is 11.1 Å². The third-order valence-corrected chi connectivity index (χ3v) is 12.5. The molecule has 0 saturated carbocycles. The maximum atomic E-state index is 7.46. The molecule has 1 atom stereocenters. The number of para-hydroxylation sites is 1. The molecule has 3 aliphatic rings. The molecule has 0 bridgehead atoms. The summed E-state index contributed by atoms with van der Waals surface area (Å²) < 4.78 is 7.46. The second-order valence-electron chi connectivity index (χ2n) is 17.9. The summed E-state index contributed by atoms with van der Waals surface area (Å²) in [6.45, 7) is 18.3. The smallest absolute Gasteiger partial charge is 0.297 e. The first-order valence-corrected chi connectivity index (χ1v) is 20.5. The van der Waals surface area contributed by atoms with Crippen LogP contribution in [0.15, 0.2) is 138 Å². The SMILES string of the molecule is C/C=C\C=C/Cc1ccccc1N1c2cc(-c3ccccc3)ccc2B2c3oc4c(c3N(c3ccc(C(C)(C)C)cc3)c3cc(C)cc1c32)C(C)CCC4(C)C. The normalized spacial score (nSPS) is 16.9. The first kappa shape index (κ1) is 36.2. The molecule has 0 saturated heterocycles. The lowest BCUT2D eigenvalue weighted by Gasteiger charge is -2.43. The van der Waals surface area contributed by atoms with Gasteiger partial charge in [0.25, 0.3) is 6.71 Å². The number of hydrogen-bond acceptors (Lipinski definition) is 3. The molecule has 0 N–H and O–H groups in total. The zero-order valence-corrected chi connectivity index (χ0v) is 34.3. The van der Waals surface area contributed by atoms with Gasteiger partial charge in [0.2, 0.25) is 0 Å². The summed E-state index contributed by atoms with van der Waals surface area (Å²) in [5.41, 5.74) is 18.6. The van der Waals surface area contributed by atoms with Crippen molar-refractivity contribution in [2.45, 2.75) is 91.4 Å². The fraction of sp³-hybridized carbons (Fsp3) is 0.269. The molecule has 56 heavy (non-hydrogen) atoms. The van der Waals surface area contributed by atoms with Crippen molar-refractivity contribution in [2.24, 2.45) is 0 Å². The van der Waals surface area contributed by atoms with E-state index in [2.05, 4.69) is 199 Å². The molecule has 9 rings (SSSR count). The van der Waals surface area contributed by atoms with E-state index in [1.807, 2.05) is 0 Å². The second-order valence-corrected chi connectivity index (χ2v) is 17.9. The zero-order chi connectivity index (χ0) is 38.9. The lowest BCUT2D eigenvalue weighted by molar-refractivity contribution is 0.325. The van der Waals surface area contributed by atoms with Crippen LogP contribution in [0.2, 0.25) is 0 Å². The Labute approximate surface area is 334 Å². The Kier molecular flexibility index (Phi) is 8.80. The number of anilines is 6. The molecule has 3 nitrogen and oxygen atoms in total. The van der Waals surface area contributed by atoms with E-state index in [0.717, 1.165) is 30.7 Å². The van der Waals surface area contributed by atoms with Crippen LogP contribution in [-0.2, 0) is 17.3 Å². The van der Waals surface area contributed by atoms with Gasteiger partial charge in [-0.2, -0.15) is 0 Å². The van der Waals surface area contributed by atoms with Gasteiger partial charge in [0.1, 0.15) is 5.76 Å². The molecule has 280 valence electrons. The maximum Gasteiger partial charge on any atom is 0.297 e. The van der Waals surface area contributed by atoms with Crippen molar-refractivity contribution in [1.82, 2.24) is 0 Å². The van der Waals surface area contributed by atoms with E-state index in [0.29, 0.717) is 5.92 Å². The third-order valence-electron chi connectivity index (χ3n) is 12.5. The number of fused-ring (bicyclic) bond motifs is 6. The number of nitrogens with zero attached hydrogens (tertiary/aromatic N) is 2. The molecule has 1 aromatic heterocycles. The van der Waals surface area contributed by atoms with Crippen LogP contribution in [0.3, 0.4) is 0 Å². The lowest BCUT2D eigenvalue weighted by Crippen LogP contribution is -2.61. The van der Waals surface area contributed by atoms with Crippen molar-refractivity contribution in [3.05, 3.63) is 162 Å². The number of allylic oxidation sites excluding steroid dienone is 4. The van der Waals surface area contributed by atoms with Gasteiger partial charge in [-0.05, 0) is 120 Å². The van der Waals surface area contributed by atoms with Gasteiger partial charge in [-0.1, -0.05) is 139 Å². The van der Waals surface area contributed by atoms with E-state index in [9.17, 15) is 0 Å². The van der Waals surface area contributed by atoms with Crippen molar-refractivity contribution in [3.63, 3.8) is 0 Å². The van der Waals surface area contributed by atoms with E-state index < -0.39 is 0 Å². The number of aryl methyl sites for hydroxylation is 1. The standard InChI is InChI=1S/C52H53BN2O/c1-9-10-11-13-20-37-21-16-17-22-42(37)55-43-33-38(36-18-14-12-15-19-36)23-28-41(43)53-47-44(31-34(2)32-45(47)55)54(40-26-24-39(25-27-40)51(4,5)6)48-46-35(3)29-30-52(7,8)49(46)56-50(48)53/h9-19,21-28,31-33,35H,20,29-30H2,1-8H3/b10-9-,13-11-. The lowest BCUT2D eigenvalue weighted by atomic mass is 9.35. The Balaban J connectivity index is 1.36. The van der Waals surface area contributed by atoms with Gasteiger partial charge in [-0.15, -0.1) is 0 Å². The molecular weight excluding hydrogens is 679 g/mol. The molecule has 0 radical (unpaired) electrons. The molecule has 1 unspecified atom stereocenters. The fourth-order valence-corrected chi connectivity index (χ4v) is 9.49. The first-order valence-electron chi connectivity index (χ1n) is 20.5. The van der Waals surface area contributed by atoms with Gasteiger partial charge in [0.05, 0.1) is 11.3 Å². The highest BCUT2D eigenvalue weighted by Gasteiger charge is 2.50. The van der Waals surface area contributed by atoms with Crippen LogP contribution >= 0.6 is 0 Å². The van der Waals surface area contributed by atoms with Crippen LogP contribution in [0.4, 0.5) is 34.1 Å². The summed E-state index contributed by atoms with van der Waals surface area (Å²) in [6.07, 6.45) is 11.7. The van der Waals surface area contributed by atoms with E-state index in [-0.39, 0.29) is 17.5 Å². The van der Waals surface area contributed by atoms with Crippen LogP contribution in [-0.4, -0.2) is 6.71 Å². The van der Waals surface area contributed by atoms with Crippen LogP contribution < -0.4 is 26.4 Å². The monoisotopic (exact) mass is 732 g/mol. The zero-order valence-electron chi connectivity index (χ0n) is 34.3. The van der Waals surface area contributed by atoms with Gasteiger partial charge >= 0.3 is 0 Å². The second kappa shape index (κ2) is 13.6. The molecule has 0 fully saturated rings. The summed E-state index contributed by atoms with van der Waals surface area (Å²) in [6, 6.07) is 41.1. The van der Waals surface area contributed by atoms with Crippen molar-refractivity contribution < 1.29 is 4.42 Å². The average Bonchev–Trinajstić information content (AvgIpc) is 3.60. The maximum absolute atomic E-state index is 7.46. The van der Waals surface area contributed by atoms with Gasteiger partial charge in [0.15, 0.2) is 0 Å². The average molecular weight is 733 g/mol. The Bertz CT molecular complexity index is 2510. The number of rotatable bonds is 6. The molecule has 2 aliphatic heterocycles. The molecule has 6 aromatic rings. The van der Waals surface area contributed by atoms with Crippen molar-refractivity contribution >= 4 is 57.4 Å². The minimum Gasteiger partial charge on any atom is -0.472 e. The van der Waals surface area contributed by atoms with Crippen molar-refractivity contribution in [2.75, 3.05) is 9.80 Å². The van der Waals surface area contributed by atoms with Gasteiger partial charge in [-0.3, -0.25) is 0 Å². The Hall–Kier alpha value is -5.48. The van der Waals surface area contributed by atoms with E-state index in [4.69, 9.17) is 4.42 Å². The minimum atomic E-state index is -0.0635. The predicted octanol–water partition coefficient (Wildman–Crippen LogP) is 12.5. The molecule has 4 heteroatoms. The quantitative estimate of drug-likeness (QED) is 0.125. The summed E-state index contributed by atoms with van der Waals surface area (Å²) in [5, 5.41) is 0. The summed E-state index contributed by atoms with van der Waals surface area (Å²) in [5.74, 6) is 1.54. The molecule has 0 amide bonds. The first-order chi connectivity index (χ1) is 27.0. The largest absolute Gasteiger partial charge is 0.472 e. The van der Waals surface area contributed by atoms with Crippen molar-refractivity contribution in [1.29, 1.82) is 0 Å². The predicted molar refractivity (Wildman–Crippen MR) is 240 cm³/mol. The Morgan fingerprint density at radius 1 is 0.786 bits per heavy atom. The summed E-state index contributed by atoms with van der Waals surface area (Å²) >= 11 is 0. The van der Waals surface area contributed by atoms with Crippen LogP contribution in [0.5, 0.6) is 0 Å². The molecule has 1 aliphatic carbocycles. The fourth-order valence-electron chi connectivity index (χ4n) is 9.49. The van der Waals surface area contributed by atoms with Crippen molar-refractivity contribution in [3.8, 4) is 11.1 Å². The molecule has 0 spiro atoms. The molecule has 5 aromatic carbocycles. The highest BCUT2D eigenvalue weighted by Crippen LogP contribution is 2.53. The highest BCUT2D eigenvalue weighted by molar-refractivity contribution is 6.99.